The van der Waals surface area contributed by atoms with Crippen LogP contribution in [0.15, 0.2) is 30.5 Å². The molecule has 4 N–H and O–H groups in total. The molecule has 0 spiro atoms. The number of aromatic nitrogens is 2. The van der Waals surface area contributed by atoms with Crippen LogP contribution >= 0.6 is 0 Å². The van der Waals surface area contributed by atoms with Gasteiger partial charge in [0.05, 0.1) is 18.0 Å². The summed E-state index contributed by atoms with van der Waals surface area (Å²) in [5, 5.41) is 19.6. The number of carbonyl (C=O) groups is 2. The summed E-state index contributed by atoms with van der Waals surface area (Å²) in [6.45, 7) is 2.25. The van der Waals surface area contributed by atoms with Crippen LogP contribution in [-0.2, 0) is 4.74 Å². The first kappa shape index (κ1) is 21.1. The second kappa shape index (κ2) is 9.26. The summed E-state index contributed by atoms with van der Waals surface area (Å²) < 4.78 is 20.0. The van der Waals surface area contributed by atoms with Crippen LogP contribution in [0, 0.1) is 23.1 Å². The molecule has 0 saturated heterocycles. The van der Waals surface area contributed by atoms with Gasteiger partial charge in [-0.1, -0.05) is 0 Å². The van der Waals surface area contributed by atoms with Crippen molar-refractivity contribution in [3.8, 4) is 6.07 Å². The SMILES string of the molecule is CCNC(=O)OC1CCC(n2cc(C(N)=O)c(Nc3ccc(F)cc3)n2)C(C#N)C1. The molecule has 0 bridgehead atoms. The number of primary amides is 1. The number of benzene rings is 1. The lowest BCUT2D eigenvalue weighted by atomic mass is 9.83. The second-order valence-electron chi connectivity index (χ2n) is 7.04. The number of carbonyl (C=O) groups excluding carboxylic acids is 2. The highest BCUT2D eigenvalue weighted by atomic mass is 19.1. The van der Waals surface area contributed by atoms with Gasteiger partial charge in [-0.2, -0.15) is 10.4 Å². The molecule has 3 rings (SSSR count). The number of nitrogens with one attached hydrogen (secondary N) is 2. The summed E-state index contributed by atoms with van der Waals surface area (Å²) in [5.74, 6) is -1.29. The van der Waals surface area contributed by atoms with E-state index < -0.39 is 17.9 Å². The van der Waals surface area contributed by atoms with Crippen LogP contribution in [0.5, 0.6) is 0 Å². The molecule has 3 unspecified atom stereocenters. The molecular formula is C20H23FN6O3. The third-order valence-electron chi connectivity index (χ3n) is 4.97. The molecule has 158 valence electrons. The van der Waals surface area contributed by atoms with Crippen LogP contribution in [0.2, 0.25) is 0 Å². The summed E-state index contributed by atoms with van der Waals surface area (Å²) >= 11 is 0. The number of anilines is 2. The predicted molar refractivity (Wildman–Crippen MR) is 106 cm³/mol. The van der Waals surface area contributed by atoms with Crippen LogP contribution in [-0.4, -0.2) is 34.4 Å². The molecule has 1 aliphatic rings. The fourth-order valence-electron chi connectivity index (χ4n) is 3.52. The van der Waals surface area contributed by atoms with E-state index in [0.29, 0.717) is 31.5 Å². The largest absolute Gasteiger partial charge is 0.446 e. The molecule has 0 radical (unpaired) electrons. The molecule has 2 amide bonds. The van der Waals surface area contributed by atoms with Gasteiger partial charge >= 0.3 is 6.09 Å². The van der Waals surface area contributed by atoms with Gasteiger partial charge in [0.2, 0.25) is 0 Å². The predicted octanol–water partition coefficient (Wildman–Crippen LogP) is 2.84. The average molecular weight is 414 g/mol. The maximum atomic E-state index is 13.1. The van der Waals surface area contributed by atoms with Gasteiger partial charge in [-0.3, -0.25) is 9.48 Å². The van der Waals surface area contributed by atoms with Crippen molar-refractivity contribution in [2.45, 2.75) is 38.3 Å². The molecule has 9 nitrogen and oxygen atoms in total. The summed E-state index contributed by atoms with van der Waals surface area (Å²) in [6.07, 6.45) is 2.11. The molecule has 0 aliphatic heterocycles. The Balaban J connectivity index is 1.78. The van der Waals surface area contributed by atoms with Gasteiger partial charge in [-0.05, 0) is 44.0 Å². The van der Waals surface area contributed by atoms with Gasteiger partial charge in [0.25, 0.3) is 5.91 Å². The minimum absolute atomic E-state index is 0.164. The van der Waals surface area contributed by atoms with Gasteiger partial charge < -0.3 is 21.1 Å². The van der Waals surface area contributed by atoms with Gasteiger partial charge in [-0.25, -0.2) is 9.18 Å². The standard InChI is InChI=1S/C20H23FN6O3/c1-2-24-20(29)30-15-7-8-17(12(9-15)10-22)27-11-16(18(23)28)19(26-27)25-14-5-3-13(21)4-6-14/h3-6,11-12,15,17H,2,7-9H2,1H3,(H2,23,28)(H,24,29)(H,25,26). The zero-order valence-electron chi connectivity index (χ0n) is 16.5. The number of ether oxygens (including phenoxy) is 1. The van der Waals surface area contributed by atoms with Crippen molar-refractivity contribution in [3.63, 3.8) is 0 Å². The number of amides is 2. The van der Waals surface area contributed by atoms with Gasteiger partial charge in [0.1, 0.15) is 17.5 Å². The Bertz CT molecular complexity index is 952. The summed E-state index contributed by atoms with van der Waals surface area (Å²) in [4.78, 5) is 23.5. The molecular weight excluding hydrogens is 391 g/mol. The Morgan fingerprint density at radius 3 is 2.73 bits per heavy atom. The van der Waals surface area contributed by atoms with Crippen molar-refractivity contribution in [1.29, 1.82) is 5.26 Å². The topological polar surface area (TPSA) is 135 Å². The maximum absolute atomic E-state index is 13.1. The monoisotopic (exact) mass is 414 g/mol. The van der Waals surface area contributed by atoms with Gasteiger partial charge in [0, 0.05) is 24.8 Å². The molecule has 1 fully saturated rings. The lowest BCUT2D eigenvalue weighted by Gasteiger charge is -2.32. The van der Waals surface area contributed by atoms with E-state index in [1.165, 1.54) is 30.5 Å². The second-order valence-corrected chi connectivity index (χ2v) is 7.04. The first-order valence-corrected chi connectivity index (χ1v) is 9.67. The Labute approximate surface area is 173 Å². The van der Waals surface area contributed by atoms with Crippen molar-refractivity contribution >= 4 is 23.5 Å². The summed E-state index contributed by atoms with van der Waals surface area (Å²) in [7, 11) is 0. The Morgan fingerprint density at radius 2 is 2.10 bits per heavy atom. The number of nitrogens with two attached hydrogens (primary N) is 1. The molecule has 3 atom stereocenters. The third kappa shape index (κ3) is 4.86. The quantitative estimate of drug-likeness (QED) is 0.665. The fraction of sp³-hybridized carbons (Fsp3) is 0.400. The minimum Gasteiger partial charge on any atom is -0.446 e. The summed E-state index contributed by atoms with van der Waals surface area (Å²) in [6, 6.07) is 7.55. The van der Waals surface area contributed by atoms with Crippen molar-refractivity contribution in [1.82, 2.24) is 15.1 Å². The maximum Gasteiger partial charge on any atom is 0.407 e. The number of hydrogen-bond acceptors (Lipinski definition) is 6. The highest BCUT2D eigenvalue weighted by molar-refractivity contribution is 5.98. The molecule has 2 aromatic rings. The minimum atomic E-state index is -0.673. The average Bonchev–Trinajstić information content (AvgIpc) is 3.13. The van der Waals surface area contributed by atoms with Gasteiger partial charge in [-0.15, -0.1) is 0 Å². The molecule has 30 heavy (non-hydrogen) atoms. The molecule has 1 aromatic heterocycles. The molecule has 1 aliphatic carbocycles. The molecule has 1 heterocycles. The molecule has 1 saturated carbocycles. The highest BCUT2D eigenvalue weighted by Gasteiger charge is 2.35. The van der Waals surface area contributed by atoms with Gasteiger partial charge in [0.15, 0.2) is 5.82 Å². The zero-order valence-corrected chi connectivity index (χ0v) is 16.5. The van der Waals surface area contributed by atoms with Crippen molar-refractivity contribution in [2.75, 3.05) is 11.9 Å². The normalized spacial score (nSPS) is 20.8. The Hall–Kier alpha value is -3.61. The first-order chi connectivity index (χ1) is 14.4. The van der Waals surface area contributed by atoms with E-state index in [1.807, 2.05) is 0 Å². The number of nitrogens with zero attached hydrogens (tertiary/aromatic N) is 3. The van der Waals surface area contributed by atoms with Crippen LogP contribution in [0.3, 0.4) is 0 Å². The van der Waals surface area contributed by atoms with E-state index in [2.05, 4.69) is 21.8 Å². The fourth-order valence-corrected chi connectivity index (χ4v) is 3.52. The lowest BCUT2D eigenvalue weighted by molar-refractivity contribution is 0.0519. The van der Waals surface area contributed by atoms with E-state index >= 15 is 0 Å². The highest BCUT2D eigenvalue weighted by Crippen LogP contribution is 2.36. The van der Waals surface area contributed by atoms with E-state index in [9.17, 15) is 19.2 Å². The number of rotatable bonds is 6. The van der Waals surface area contributed by atoms with Crippen molar-refractivity contribution in [3.05, 3.63) is 41.8 Å². The van der Waals surface area contributed by atoms with Crippen molar-refractivity contribution < 1.29 is 18.7 Å². The lowest BCUT2D eigenvalue weighted by Crippen LogP contribution is -2.35. The van der Waals surface area contributed by atoms with Crippen LogP contribution in [0.25, 0.3) is 0 Å². The number of nitriles is 1. The number of halogens is 1. The van der Waals surface area contributed by atoms with Crippen molar-refractivity contribution in [2.24, 2.45) is 11.7 Å². The number of alkyl carbamates (subject to hydrolysis) is 1. The smallest absolute Gasteiger partial charge is 0.407 e. The Morgan fingerprint density at radius 1 is 1.37 bits per heavy atom. The van der Waals surface area contributed by atoms with E-state index in [-0.39, 0.29) is 29.3 Å². The van der Waals surface area contributed by atoms with Crippen LogP contribution in [0.1, 0.15) is 42.6 Å². The van der Waals surface area contributed by atoms with E-state index in [1.54, 1.807) is 11.6 Å². The zero-order chi connectivity index (χ0) is 21.7. The third-order valence-corrected chi connectivity index (χ3v) is 4.97. The summed E-state index contributed by atoms with van der Waals surface area (Å²) in [5.41, 5.74) is 6.19. The van der Waals surface area contributed by atoms with E-state index in [0.717, 1.165) is 0 Å². The molecule has 1 aromatic carbocycles. The number of hydrogen-bond donors (Lipinski definition) is 3. The van der Waals surface area contributed by atoms with E-state index in [4.69, 9.17) is 10.5 Å². The van der Waals surface area contributed by atoms with Crippen LogP contribution in [0.4, 0.5) is 20.7 Å². The van der Waals surface area contributed by atoms with Crippen LogP contribution < -0.4 is 16.4 Å². The first-order valence-electron chi connectivity index (χ1n) is 9.67. The molecule has 10 heteroatoms. The Kier molecular flexibility index (Phi) is 6.51.